The van der Waals surface area contributed by atoms with Crippen molar-refractivity contribution >= 4 is 5.91 Å². The van der Waals surface area contributed by atoms with Crippen molar-refractivity contribution in [1.82, 2.24) is 5.32 Å². The molecule has 0 aromatic rings. The summed E-state index contributed by atoms with van der Waals surface area (Å²) >= 11 is 0. The summed E-state index contributed by atoms with van der Waals surface area (Å²) in [6.45, 7) is 4.36. The second-order valence-corrected chi connectivity index (χ2v) is 13.0. The Bertz CT molecular complexity index is 512. The van der Waals surface area contributed by atoms with Crippen LogP contribution in [0.4, 0.5) is 0 Å². The van der Waals surface area contributed by atoms with Crippen LogP contribution in [0.1, 0.15) is 213 Å². The van der Waals surface area contributed by atoms with Crippen LogP contribution >= 0.6 is 0 Å². The third-order valence-electron chi connectivity index (χ3n) is 8.87. The number of hydrogen-bond donors (Lipinski definition) is 3. The molecular formula is C37H75NO3. The average molecular weight is 582 g/mol. The van der Waals surface area contributed by atoms with E-state index in [2.05, 4.69) is 19.2 Å². The van der Waals surface area contributed by atoms with Gasteiger partial charge in [-0.25, -0.2) is 0 Å². The molecule has 0 aromatic heterocycles. The molecule has 246 valence electrons. The maximum absolute atomic E-state index is 12.3. The van der Waals surface area contributed by atoms with Gasteiger partial charge < -0.3 is 15.5 Å². The Labute approximate surface area is 257 Å². The van der Waals surface area contributed by atoms with E-state index in [1.54, 1.807) is 0 Å². The van der Waals surface area contributed by atoms with Crippen LogP contribution in [0.5, 0.6) is 0 Å². The highest BCUT2D eigenvalue weighted by molar-refractivity contribution is 5.76. The SMILES string of the molecule is CCCCCCCCCCCCCCCCCCC(=O)N[C@@H](CO)[C@H](O)CCCCCCCCCCCCCCC. The van der Waals surface area contributed by atoms with Gasteiger partial charge in [-0.1, -0.05) is 194 Å². The summed E-state index contributed by atoms with van der Waals surface area (Å²) in [5.41, 5.74) is 0. The largest absolute Gasteiger partial charge is 0.394 e. The molecule has 0 radical (unpaired) electrons. The first-order valence-corrected chi connectivity index (χ1v) is 18.7. The topological polar surface area (TPSA) is 69.6 Å². The van der Waals surface area contributed by atoms with E-state index in [1.807, 2.05) is 0 Å². The number of rotatable bonds is 34. The second kappa shape index (κ2) is 33.9. The third-order valence-corrected chi connectivity index (χ3v) is 8.87. The Morgan fingerprint density at radius 1 is 0.488 bits per heavy atom. The zero-order chi connectivity index (χ0) is 30.1. The number of unbranched alkanes of at least 4 members (excludes halogenated alkanes) is 27. The van der Waals surface area contributed by atoms with Gasteiger partial charge in [0.1, 0.15) is 0 Å². The molecule has 0 aliphatic carbocycles. The summed E-state index contributed by atoms with van der Waals surface area (Å²) in [5, 5.41) is 23.0. The molecule has 0 rings (SSSR count). The number of amides is 1. The van der Waals surface area contributed by atoms with Gasteiger partial charge >= 0.3 is 0 Å². The van der Waals surface area contributed by atoms with Crippen LogP contribution in [0.15, 0.2) is 0 Å². The van der Waals surface area contributed by atoms with Gasteiger partial charge in [0.25, 0.3) is 0 Å². The fourth-order valence-corrected chi connectivity index (χ4v) is 5.95. The molecule has 3 N–H and O–H groups in total. The molecule has 1 amide bonds. The van der Waals surface area contributed by atoms with Gasteiger partial charge in [0.05, 0.1) is 18.8 Å². The van der Waals surface area contributed by atoms with E-state index < -0.39 is 12.1 Å². The smallest absolute Gasteiger partial charge is 0.220 e. The normalized spacial score (nSPS) is 13.0. The Morgan fingerprint density at radius 2 is 0.780 bits per heavy atom. The van der Waals surface area contributed by atoms with Crippen molar-refractivity contribution in [2.45, 2.75) is 225 Å². The van der Waals surface area contributed by atoms with Gasteiger partial charge in [-0.05, 0) is 12.8 Å². The lowest BCUT2D eigenvalue weighted by atomic mass is 10.0. The van der Waals surface area contributed by atoms with Crippen LogP contribution < -0.4 is 5.32 Å². The molecule has 0 heterocycles. The van der Waals surface area contributed by atoms with Gasteiger partial charge in [0.2, 0.25) is 5.91 Å². The van der Waals surface area contributed by atoms with Crippen LogP contribution in [0.3, 0.4) is 0 Å². The minimum Gasteiger partial charge on any atom is -0.394 e. The quantitative estimate of drug-likeness (QED) is 0.0662. The number of hydrogen-bond acceptors (Lipinski definition) is 3. The van der Waals surface area contributed by atoms with E-state index in [-0.39, 0.29) is 12.5 Å². The van der Waals surface area contributed by atoms with Gasteiger partial charge in [-0.2, -0.15) is 0 Å². The van der Waals surface area contributed by atoms with E-state index in [0.717, 1.165) is 25.7 Å². The van der Waals surface area contributed by atoms with Crippen molar-refractivity contribution in [3.8, 4) is 0 Å². The molecule has 0 saturated carbocycles. The lowest BCUT2D eigenvalue weighted by Crippen LogP contribution is -2.45. The van der Waals surface area contributed by atoms with Crippen molar-refractivity contribution in [3.63, 3.8) is 0 Å². The summed E-state index contributed by atoms with van der Waals surface area (Å²) in [7, 11) is 0. The molecule has 41 heavy (non-hydrogen) atoms. The van der Waals surface area contributed by atoms with E-state index in [9.17, 15) is 15.0 Å². The molecule has 0 aliphatic rings. The van der Waals surface area contributed by atoms with Crippen LogP contribution in [0, 0.1) is 0 Å². The fraction of sp³-hybridized carbons (Fsp3) is 0.973. The molecular weight excluding hydrogens is 506 g/mol. The number of carbonyl (C=O) groups excluding carboxylic acids is 1. The highest BCUT2D eigenvalue weighted by Crippen LogP contribution is 2.16. The Kier molecular flexibility index (Phi) is 33.4. The molecule has 0 bridgehead atoms. The molecule has 0 spiro atoms. The zero-order valence-electron chi connectivity index (χ0n) is 28.1. The highest BCUT2D eigenvalue weighted by atomic mass is 16.3. The lowest BCUT2D eigenvalue weighted by Gasteiger charge is -2.22. The monoisotopic (exact) mass is 582 g/mol. The number of aliphatic hydroxyl groups excluding tert-OH is 2. The molecule has 4 nitrogen and oxygen atoms in total. The first-order valence-electron chi connectivity index (χ1n) is 18.7. The number of aliphatic hydroxyl groups is 2. The average Bonchev–Trinajstić information content (AvgIpc) is 2.97. The van der Waals surface area contributed by atoms with Crippen LogP contribution in [0.25, 0.3) is 0 Å². The maximum atomic E-state index is 12.3. The van der Waals surface area contributed by atoms with E-state index in [4.69, 9.17) is 0 Å². The van der Waals surface area contributed by atoms with Crippen molar-refractivity contribution in [2.24, 2.45) is 0 Å². The molecule has 2 atom stereocenters. The molecule has 0 aliphatic heterocycles. The lowest BCUT2D eigenvalue weighted by molar-refractivity contribution is -0.123. The Hall–Kier alpha value is -0.610. The van der Waals surface area contributed by atoms with Crippen molar-refractivity contribution in [2.75, 3.05) is 6.61 Å². The van der Waals surface area contributed by atoms with Gasteiger partial charge in [0.15, 0.2) is 0 Å². The van der Waals surface area contributed by atoms with Gasteiger partial charge in [-0.3, -0.25) is 4.79 Å². The zero-order valence-corrected chi connectivity index (χ0v) is 28.1. The first kappa shape index (κ1) is 40.4. The molecule has 0 aromatic carbocycles. The van der Waals surface area contributed by atoms with E-state index >= 15 is 0 Å². The van der Waals surface area contributed by atoms with Crippen LogP contribution in [-0.2, 0) is 4.79 Å². The van der Waals surface area contributed by atoms with Gasteiger partial charge in [0, 0.05) is 6.42 Å². The Balaban J connectivity index is 3.51. The van der Waals surface area contributed by atoms with E-state index in [1.165, 1.54) is 161 Å². The fourth-order valence-electron chi connectivity index (χ4n) is 5.95. The predicted octanol–water partition coefficient (Wildman–Crippen LogP) is 11.0. The third kappa shape index (κ3) is 30.6. The molecule has 0 fully saturated rings. The summed E-state index contributed by atoms with van der Waals surface area (Å²) in [4.78, 5) is 12.3. The first-order chi connectivity index (χ1) is 20.2. The summed E-state index contributed by atoms with van der Waals surface area (Å²) in [6, 6.07) is -0.527. The predicted molar refractivity (Wildman–Crippen MR) is 179 cm³/mol. The minimum absolute atomic E-state index is 0.0289. The minimum atomic E-state index is -0.651. The number of carbonyl (C=O) groups is 1. The number of nitrogens with one attached hydrogen (secondary N) is 1. The Morgan fingerprint density at radius 3 is 1.10 bits per heavy atom. The summed E-state index contributed by atoms with van der Waals surface area (Å²) in [6.07, 6.45) is 38.7. The molecule has 0 unspecified atom stereocenters. The summed E-state index contributed by atoms with van der Waals surface area (Å²) < 4.78 is 0. The van der Waals surface area contributed by atoms with Gasteiger partial charge in [-0.15, -0.1) is 0 Å². The summed E-state index contributed by atoms with van der Waals surface area (Å²) in [5.74, 6) is -0.0289. The standard InChI is InChI=1S/C37H75NO3/c1-3-5-7-9-11-13-15-17-18-19-21-23-25-27-29-31-33-37(41)38-35(34-39)36(40)32-30-28-26-24-22-20-16-14-12-10-8-6-4-2/h35-36,39-40H,3-34H2,1-2H3,(H,38,41)/t35-,36+/m0/s1. The van der Waals surface area contributed by atoms with E-state index in [0.29, 0.717) is 12.8 Å². The van der Waals surface area contributed by atoms with Crippen molar-refractivity contribution in [3.05, 3.63) is 0 Å². The van der Waals surface area contributed by atoms with Crippen LogP contribution in [-0.4, -0.2) is 34.9 Å². The van der Waals surface area contributed by atoms with Crippen LogP contribution in [0.2, 0.25) is 0 Å². The second-order valence-electron chi connectivity index (χ2n) is 13.0. The van der Waals surface area contributed by atoms with Crippen molar-refractivity contribution in [1.29, 1.82) is 0 Å². The molecule has 0 saturated heterocycles. The van der Waals surface area contributed by atoms with Crippen molar-refractivity contribution < 1.29 is 15.0 Å². The maximum Gasteiger partial charge on any atom is 0.220 e. The molecule has 4 heteroatoms. The highest BCUT2D eigenvalue weighted by Gasteiger charge is 2.19.